The Morgan fingerprint density at radius 1 is 0.321 bits per heavy atom. The molecular weight excluding hydrogens is 336 g/mol. The van der Waals surface area contributed by atoms with E-state index in [1.54, 1.807) is 0 Å². The minimum Gasteiger partial charge on any atom is -0.0560 e. The van der Waals surface area contributed by atoms with Crippen molar-refractivity contribution in [3.8, 4) is 11.1 Å². The largest absolute Gasteiger partial charge is 0.0560 e. The van der Waals surface area contributed by atoms with Crippen molar-refractivity contribution in [2.24, 2.45) is 0 Å². The molecule has 2 aromatic rings. The van der Waals surface area contributed by atoms with Crippen molar-refractivity contribution in [1.29, 1.82) is 0 Å². The van der Waals surface area contributed by atoms with Gasteiger partial charge in [0.2, 0.25) is 0 Å². The molecule has 0 saturated carbocycles. The third-order valence-electron chi connectivity index (χ3n) is 7.12. The first-order valence-electron chi connectivity index (χ1n) is 10.8. The molecule has 154 valence electrons. The summed E-state index contributed by atoms with van der Waals surface area (Å²) < 4.78 is 0. The van der Waals surface area contributed by atoms with Gasteiger partial charge in [-0.3, -0.25) is 0 Å². The van der Waals surface area contributed by atoms with Crippen molar-refractivity contribution in [1.82, 2.24) is 0 Å². The van der Waals surface area contributed by atoms with Crippen LogP contribution in [0.3, 0.4) is 0 Å². The fourth-order valence-electron chi connectivity index (χ4n) is 5.12. The molecule has 0 radical (unpaired) electrons. The van der Waals surface area contributed by atoms with Gasteiger partial charge in [0.05, 0.1) is 0 Å². The average molecular weight is 379 g/mol. The molecule has 2 aromatic carbocycles. The van der Waals surface area contributed by atoms with Gasteiger partial charge in [-0.1, -0.05) is 41.5 Å². The van der Waals surface area contributed by atoms with Crippen molar-refractivity contribution in [3.63, 3.8) is 0 Å². The van der Waals surface area contributed by atoms with Crippen LogP contribution in [0.2, 0.25) is 0 Å². The first-order valence-corrected chi connectivity index (χ1v) is 10.8. The van der Waals surface area contributed by atoms with Gasteiger partial charge in [-0.25, -0.2) is 0 Å². The van der Waals surface area contributed by atoms with Gasteiger partial charge >= 0.3 is 0 Å². The summed E-state index contributed by atoms with van der Waals surface area (Å²) in [6.07, 6.45) is 0. The smallest absolute Gasteiger partial charge is 0.0106 e. The molecule has 0 heteroatoms. The number of rotatable bonds is 1. The fraction of sp³-hybridized carbons (Fsp3) is 0.571. The lowest BCUT2D eigenvalue weighted by Crippen LogP contribution is -2.22. The monoisotopic (exact) mass is 378 g/mol. The Labute approximate surface area is 174 Å². The summed E-state index contributed by atoms with van der Waals surface area (Å²) in [6.45, 7) is 32.7. The van der Waals surface area contributed by atoms with Gasteiger partial charge in [-0.2, -0.15) is 0 Å². The van der Waals surface area contributed by atoms with Gasteiger partial charge in [0.25, 0.3) is 0 Å². The predicted octanol–water partition coefficient (Wildman–Crippen LogP) is 8.42. The Morgan fingerprint density at radius 3 is 0.750 bits per heavy atom. The normalized spacial score (nSPS) is 12.6. The van der Waals surface area contributed by atoms with Crippen LogP contribution < -0.4 is 0 Å². The summed E-state index contributed by atoms with van der Waals surface area (Å²) in [5, 5.41) is 0. The van der Waals surface area contributed by atoms with Crippen molar-refractivity contribution in [3.05, 3.63) is 55.6 Å². The zero-order valence-electron chi connectivity index (χ0n) is 21.0. The average Bonchev–Trinajstić information content (AvgIpc) is 2.55. The molecular formula is C28H42. The van der Waals surface area contributed by atoms with E-state index >= 15 is 0 Å². The lowest BCUT2D eigenvalue weighted by atomic mass is 9.69. The van der Waals surface area contributed by atoms with E-state index in [0.717, 1.165) is 0 Å². The first-order chi connectivity index (χ1) is 12.5. The molecule has 0 nitrogen and oxygen atoms in total. The highest BCUT2D eigenvalue weighted by atomic mass is 14.4. The minimum absolute atomic E-state index is 0.0942. The van der Waals surface area contributed by atoms with Gasteiger partial charge in [0.1, 0.15) is 0 Å². The molecule has 0 atom stereocenters. The van der Waals surface area contributed by atoms with E-state index in [4.69, 9.17) is 0 Å². The summed E-state index contributed by atoms with van der Waals surface area (Å²) in [4.78, 5) is 0. The molecule has 0 aliphatic rings. The summed E-state index contributed by atoms with van der Waals surface area (Å²) in [6, 6.07) is 0. The van der Waals surface area contributed by atoms with Crippen LogP contribution in [0.25, 0.3) is 11.1 Å². The lowest BCUT2D eigenvalue weighted by Gasteiger charge is -2.35. The highest BCUT2D eigenvalue weighted by Gasteiger charge is 2.31. The standard InChI is InChI=1S/C28H42/c1-15-17(3)21(7)25(27(9,10)11)23(19(15)5)24-20(6)16(2)18(4)22(8)26(24)28(12,13)14/h1-14H3. The Balaban J connectivity index is 3.28. The van der Waals surface area contributed by atoms with E-state index in [1.807, 2.05) is 0 Å². The fourth-order valence-corrected chi connectivity index (χ4v) is 5.12. The van der Waals surface area contributed by atoms with Crippen LogP contribution in [0, 0.1) is 55.4 Å². The quantitative estimate of drug-likeness (QED) is 0.467. The van der Waals surface area contributed by atoms with Crippen LogP contribution in [-0.2, 0) is 10.8 Å². The van der Waals surface area contributed by atoms with Crippen LogP contribution in [0.4, 0.5) is 0 Å². The van der Waals surface area contributed by atoms with Crippen LogP contribution in [0.1, 0.15) is 97.2 Å². The van der Waals surface area contributed by atoms with E-state index in [-0.39, 0.29) is 10.8 Å². The third kappa shape index (κ3) is 3.44. The molecule has 0 unspecified atom stereocenters. The Kier molecular flexibility index (Phi) is 5.72. The molecule has 0 saturated heterocycles. The Bertz CT molecular complexity index is 859. The first kappa shape index (κ1) is 22.7. The third-order valence-corrected chi connectivity index (χ3v) is 7.12. The zero-order chi connectivity index (χ0) is 21.9. The minimum atomic E-state index is 0.0942. The highest BCUT2D eigenvalue weighted by Crippen LogP contribution is 2.47. The topological polar surface area (TPSA) is 0 Å². The molecule has 0 fully saturated rings. The summed E-state index contributed by atoms with van der Waals surface area (Å²) in [5.41, 5.74) is 17.8. The van der Waals surface area contributed by atoms with Crippen molar-refractivity contribution in [2.75, 3.05) is 0 Å². The maximum Gasteiger partial charge on any atom is -0.0106 e. The van der Waals surface area contributed by atoms with Gasteiger partial charge in [0, 0.05) is 0 Å². The molecule has 0 spiro atoms. The molecule has 0 aliphatic carbocycles. The molecule has 0 bridgehead atoms. The number of hydrogen-bond acceptors (Lipinski definition) is 0. The zero-order valence-corrected chi connectivity index (χ0v) is 21.0. The van der Waals surface area contributed by atoms with E-state index in [9.17, 15) is 0 Å². The Morgan fingerprint density at radius 2 is 0.536 bits per heavy atom. The Hall–Kier alpha value is -1.56. The molecule has 28 heavy (non-hydrogen) atoms. The van der Waals surface area contributed by atoms with Crippen LogP contribution in [0.5, 0.6) is 0 Å². The van der Waals surface area contributed by atoms with E-state index in [0.29, 0.717) is 0 Å². The molecule has 0 aliphatic heterocycles. The number of benzene rings is 2. The lowest BCUT2D eigenvalue weighted by molar-refractivity contribution is 0.578. The van der Waals surface area contributed by atoms with Gasteiger partial charge in [-0.05, 0) is 133 Å². The second-order valence-electron chi connectivity index (χ2n) is 11.0. The molecule has 0 amide bonds. The van der Waals surface area contributed by atoms with Crippen LogP contribution in [-0.4, -0.2) is 0 Å². The second-order valence-corrected chi connectivity index (χ2v) is 11.0. The summed E-state index contributed by atoms with van der Waals surface area (Å²) in [5.74, 6) is 0. The van der Waals surface area contributed by atoms with Crippen molar-refractivity contribution >= 4 is 0 Å². The van der Waals surface area contributed by atoms with Crippen molar-refractivity contribution < 1.29 is 0 Å². The second kappa shape index (κ2) is 7.05. The van der Waals surface area contributed by atoms with Gasteiger partial charge in [0.15, 0.2) is 0 Å². The molecule has 0 aromatic heterocycles. The maximum absolute atomic E-state index is 2.37. The summed E-state index contributed by atoms with van der Waals surface area (Å²) >= 11 is 0. The van der Waals surface area contributed by atoms with Gasteiger partial charge in [-0.15, -0.1) is 0 Å². The molecule has 0 N–H and O–H groups in total. The van der Waals surface area contributed by atoms with Crippen LogP contribution >= 0.6 is 0 Å². The highest BCUT2D eigenvalue weighted by molar-refractivity contribution is 5.83. The SMILES string of the molecule is Cc1c(C)c(C)c(C(C)(C)C)c(-c2c(C)c(C)c(C)c(C)c2C(C)(C)C)c1C. The molecule has 0 heterocycles. The van der Waals surface area contributed by atoms with E-state index in [1.165, 1.54) is 66.8 Å². The predicted molar refractivity (Wildman–Crippen MR) is 127 cm³/mol. The van der Waals surface area contributed by atoms with E-state index in [2.05, 4.69) is 96.9 Å². The van der Waals surface area contributed by atoms with Gasteiger partial charge < -0.3 is 0 Å². The van der Waals surface area contributed by atoms with Crippen molar-refractivity contribution in [2.45, 2.75) is 108 Å². The number of hydrogen-bond donors (Lipinski definition) is 0. The van der Waals surface area contributed by atoms with Crippen LogP contribution in [0.15, 0.2) is 0 Å². The maximum atomic E-state index is 2.37. The molecule has 2 rings (SSSR count). The van der Waals surface area contributed by atoms with E-state index < -0.39 is 0 Å². The summed E-state index contributed by atoms with van der Waals surface area (Å²) in [7, 11) is 0.